The fourth-order valence-corrected chi connectivity index (χ4v) is 2.07. The van der Waals surface area contributed by atoms with Gasteiger partial charge in [0.25, 0.3) is 5.91 Å². The van der Waals surface area contributed by atoms with Crippen molar-refractivity contribution < 1.29 is 22.7 Å². The number of nitrogens with one attached hydrogen (secondary N) is 1. The zero-order valence-corrected chi connectivity index (χ0v) is 13.4. The van der Waals surface area contributed by atoms with Crippen LogP contribution in [-0.2, 0) is 0 Å². The molecule has 4 nitrogen and oxygen atoms in total. The third-order valence-corrected chi connectivity index (χ3v) is 3.27. The molecule has 0 fully saturated rings. The van der Waals surface area contributed by atoms with Gasteiger partial charge in [0.15, 0.2) is 6.61 Å². The van der Waals surface area contributed by atoms with E-state index in [2.05, 4.69) is 15.0 Å². The lowest BCUT2D eigenvalue weighted by atomic mass is 10.1. The van der Waals surface area contributed by atoms with E-state index >= 15 is 0 Å². The van der Waals surface area contributed by atoms with Gasteiger partial charge in [-0.25, -0.2) is 0 Å². The van der Waals surface area contributed by atoms with Crippen LogP contribution in [0.4, 0.5) is 13.2 Å². The van der Waals surface area contributed by atoms with Crippen LogP contribution >= 0.6 is 11.6 Å². The highest BCUT2D eigenvalue weighted by Crippen LogP contribution is 2.19. The van der Waals surface area contributed by atoms with Gasteiger partial charge in [0, 0.05) is 10.6 Å². The molecule has 1 aromatic heterocycles. The number of aromatic nitrogens is 1. The predicted octanol–water partition coefficient (Wildman–Crippen LogP) is 4.17. The van der Waals surface area contributed by atoms with Crippen LogP contribution in [0.25, 0.3) is 0 Å². The quantitative estimate of drug-likeness (QED) is 0.872. The summed E-state index contributed by atoms with van der Waals surface area (Å²) in [5, 5.41) is 3.18. The fourth-order valence-electron chi connectivity index (χ4n) is 1.88. The molecule has 128 valence electrons. The predicted molar refractivity (Wildman–Crippen MR) is 83.1 cm³/mol. The molecule has 0 saturated heterocycles. The molecule has 0 bridgehead atoms. The summed E-state index contributed by atoms with van der Waals surface area (Å²) in [5.41, 5.74) is 0.893. The van der Waals surface area contributed by atoms with E-state index in [0.717, 1.165) is 0 Å². The van der Waals surface area contributed by atoms with Gasteiger partial charge < -0.3 is 10.1 Å². The lowest BCUT2D eigenvalue weighted by molar-refractivity contribution is -0.153. The van der Waals surface area contributed by atoms with Crippen molar-refractivity contribution in [1.29, 1.82) is 0 Å². The summed E-state index contributed by atoms with van der Waals surface area (Å²) >= 11 is 5.84. The summed E-state index contributed by atoms with van der Waals surface area (Å²) in [5.74, 6) is -0.325. The van der Waals surface area contributed by atoms with Crippen LogP contribution in [0.15, 0.2) is 42.6 Å². The molecule has 1 amide bonds. The number of rotatable bonds is 5. The zero-order valence-electron chi connectivity index (χ0n) is 12.6. The lowest BCUT2D eigenvalue weighted by Gasteiger charge is -2.14. The van der Waals surface area contributed by atoms with Gasteiger partial charge in [-0.1, -0.05) is 17.7 Å². The number of alkyl halides is 3. The molecule has 0 aliphatic carbocycles. The van der Waals surface area contributed by atoms with Crippen LogP contribution < -0.4 is 10.1 Å². The van der Waals surface area contributed by atoms with Crippen LogP contribution in [0.3, 0.4) is 0 Å². The molecule has 2 aromatic rings. The molecule has 0 spiro atoms. The molecule has 0 saturated carbocycles. The SMILES string of the molecule is CC(NC(=O)c1cccc(Cl)c1)c1ccc(OCC(F)(F)F)cn1. The van der Waals surface area contributed by atoms with Crippen molar-refractivity contribution in [2.45, 2.75) is 19.1 Å². The van der Waals surface area contributed by atoms with E-state index in [1.165, 1.54) is 24.4 Å². The molecule has 0 aliphatic rings. The van der Waals surface area contributed by atoms with Gasteiger partial charge >= 0.3 is 6.18 Å². The van der Waals surface area contributed by atoms with E-state index < -0.39 is 18.8 Å². The minimum Gasteiger partial charge on any atom is -0.483 e. The highest BCUT2D eigenvalue weighted by Gasteiger charge is 2.28. The molecule has 1 atom stereocenters. The van der Waals surface area contributed by atoms with Crippen molar-refractivity contribution in [2.75, 3.05) is 6.61 Å². The molecule has 24 heavy (non-hydrogen) atoms. The highest BCUT2D eigenvalue weighted by atomic mass is 35.5. The van der Waals surface area contributed by atoms with Gasteiger partial charge in [-0.2, -0.15) is 13.2 Å². The van der Waals surface area contributed by atoms with E-state index in [9.17, 15) is 18.0 Å². The van der Waals surface area contributed by atoms with Gasteiger partial charge in [-0.15, -0.1) is 0 Å². The summed E-state index contributed by atoms with van der Waals surface area (Å²) < 4.78 is 40.8. The molecule has 0 radical (unpaired) electrons. The first-order valence-electron chi connectivity index (χ1n) is 6.96. The topological polar surface area (TPSA) is 51.2 Å². The van der Waals surface area contributed by atoms with E-state index in [1.54, 1.807) is 25.1 Å². The monoisotopic (exact) mass is 358 g/mol. The van der Waals surface area contributed by atoms with Crippen molar-refractivity contribution in [3.63, 3.8) is 0 Å². The summed E-state index contributed by atoms with van der Waals surface area (Å²) in [6.07, 6.45) is -3.22. The van der Waals surface area contributed by atoms with Gasteiger partial charge in [-0.3, -0.25) is 9.78 Å². The number of ether oxygens (including phenoxy) is 1. The number of hydrogen-bond acceptors (Lipinski definition) is 3. The Labute approximate surface area is 141 Å². The molecule has 1 heterocycles. The van der Waals surface area contributed by atoms with E-state index in [0.29, 0.717) is 16.3 Å². The molecule has 1 N–H and O–H groups in total. The average molecular weight is 359 g/mol. The molecule has 2 rings (SSSR count). The van der Waals surface area contributed by atoms with Crippen LogP contribution in [0.5, 0.6) is 5.75 Å². The van der Waals surface area contributed by atoms with Gasteiger partial charge in [0.05, 0.1) is 17.9 Å². The van der Waals surface area contributed by atoms with E-state index in [4.69, 9.17) is 11.6 Å². The summed E-state index contributed by atoms with van der Waals surface area (Å²) in [6.45, 7) is 0.329. The molecule has 8 heteroatoms. The molecular weight excluding hydrogens is 345 g/mol. The van der Waals surface area contributed by atoms with Crippen molar-refractivity contribution in [3.05, 3.63) is 58.9 Å². The Balaban J connectivity index is 1.97. The van der Waals surface area contributed by atoms with E-state index in [1.807, 2.05) is 0 Å². The number of halogens is 4. The van der Waals surface area contributed by atoms with Crippen LogP contribution in [-0.4, -0.2) is 23.7 Å². The second-order valence-electron chi connectivity index (χ2n) is 5.03. The van der Waals surface area contributed by atoms with Crippen LogP contribution in [0, 0.1) is 0 Å². The minimum absolute atomic E-state index is 0.00411. The maximum Gasteiger partial charge on any atom is 0.422 e. The first-order chi connectivity index (χ1) is 11.2. The number of pyridine rings is 1. The van der Waals surface area contributed by atoms with E-state index in [-0.39, 0.29) is 11.7 Å². The highest BCUT2D eigenvalue weighted by molar-refractivity contribution is 6.30. The average Bonchev–Trinajstić information content (AvgIpc) is 2.52. The summed E-state index contributed by atoms with van der Waals surface area (Å²) in [4.78, 5) is 16.1. The largest absolute Gasteiger partial charge is 0.483 e. The number of carbonyl (C=O) groups is 1. The minimum atomic E-state index is -4.41. The van der Waals surface area contributed by atoms with Crippen LogP contribution in [0.2, 0.25) is 5.02 Å². The Morgan fingerprint density at radius 1 is 1.33 bits per heavy atom. The van der Waals surface area contributed by atoms with Gasteiger partial charge in [0.2, 0.25) is 0 Å². The number of benzene rings is 1. The number of nitrogens with zero attached hydrogens (tertiary/aromatic N) is 1. The van der Waals surface area contributed by atoms with Crippen molar-refractivity contribution >= 4 is 17.5 Å². The molecule has 0 aliphatic heterocycles. The Morgan fingerprint density at radius 3 is 2.67 bits per heavy atom. The molecular formula is C16H14ClF3N2O2. The third-order valence-electron chi connectivity index (χ3n) is 3.04. The standard InChI is InChI=1S/C16H14ClF3N2O2/c1-10(22-15(23)11-3-2-4-12(17)7-11)14-6-5-13(8-21-14)24-9-16(18,19)20/h2-8,10H,9H2,1H3,(H,22,23). The van der Waals surface area contributed by atoms with Crippen molar-refractivity contribution in [3.8, 4) is 5.75 Å². The second-order valence-corrected chi connectivity index (χ2v) is 5.46. The smallest absolute Gasteiger partial charge is 0.422 e. The summed E-state index contributed by atoms with van der Waals surface area (Å²) in [6, 6.07) is 8.90. The maximum atomic E-state index is 12.1. The Morgan fingerprint density at radius 2 is 2.08 bits per heavy atom. The second kappa shape index (κ2) is 7.53. The number of carbonyl (C=O) groups excluding carboxylic acids is 1. The first-order valence-corrected chi connectivity index (χ1v) is 7.34. The third kappa shape index (κ3) is 5.42. The Kier molecular flexibility index (Phi) is 5.66. The molecule has 1 aromatic carbocycles. The van der Waals surface area contributed by atoms with Gasteiger partial charge in [0.1, 0.15) is 5.75 Å². The summed E-state index contributed by atoms with van der Waals surface area (Å²) in [7, 11) is 0. The maximum absolute atomic E-state index is 12.1. The lowest BCUT2D eigenvalue weighted by Crippen LogP contribution is -2.27. The first kappa shape index (κ1) is 18.1. The Hall–Kier alpha value is -2.28. The van der Waals surface area contributed by atoms with Crippen molar-refractivity contribution in [1.82, 2.24) is 10.3 Å². The Bertz CT molecular complexity index is 705. The number of hydrogen-bond donors (Lipinski definition) is 1. The van der Waals surface area contributed by atoms with Crippen LogP contribution in [0.1, 0.15) is 29.0 Å². The normalized spacial score (nSPS) is 12.5. The molecule has 1 unspecified atom stereocenters. The zero-order chi connectivity index (χ0) is 17.7. The number of amides is 1. The fraction of sp³-hybridized carbons (Fsp3) is 0.250. The van der Waals surface area contributed by atoms with Gasteiger partial charge in [-0.05, 0) is 37.3 Å². The van der Waals surface area contributed by atoms with Crippen molar-refractivity contribution in [2.24, 2.45) is 0 Å².